The maximum atomic E-state index is 12.2. The Bertz CT molecular complexity index is 385. The van der Waals surface area contributed by atoms with Gasteiger partial charge in [0.2, 0.25) is 5.91 Å². The molecule has 1 N–H and O–H groups in total. The van der Waals surface area contributed by atoms with Crippen molar-refractivity contribution in [2.45, 2.75) is 24.5 Å². The highest BCUT2D eigenvalue weighted by molar-refractivity contribution is 8.00. The smallest absolute Gasteiger partial charge is 0.239 e. The summed E-state index contributed by atoms with van der Waals surface area (Å²) in [6.07, 6.45) is 3.34. The monoisotopic (exact) mass is 251 g/mol. The molecular weight excluding hydrogens is 234 g/mol. The predicted molar refractivity (Wildman–Crippen MR) is 71.6 cm³/mol. The van der Waals surface area contributed by atoms with Crippen LogP contribution >= 0.6 is 11.8 Å². The van der Waals surface area contributed by atoms with Crippen LogP contribution in [-0.4, -0.2) is 29.1 Å². The van der Waals surface area contributed by atoms with Gasteiger partial charge in [0, 0.05) is 12.7 Å². The van der Waals surface area contributed by atoms with Gasteiger partial charge in [-0.15, -0.1) is 11.8 Å². The second-order valence-electron chi connectivity index (χ2n) is 4.27. The van der Waals surface area contributed by atoms with Crippen LogP contribution in [0.3, 0.4) is 0 Å². The van der Waals surface area contributed by atoms with E-state index in [1.807, 2.05) is 0 Å². The molecular formula is C13H17NO2S. The van der Waals surface area contributed by atoms with E-state index in [0.717, 1.165) is 24.3 Å². The van der Waals surface area contributed by atoms with Crippen LogP contribution in [0.5, 0.6) is 5.75 Å². The number of carbonyl (C=O) groups is 1. The zero-order valence-electron chi connectivity index (χ0n) is 9.93. The lowest BCUT2D eigenvalue weighted by Crippen LogP contribution is -2.35. The number of phenols is 1. The lowest BCUT2D eigenvalue weighted by molar-refractivity contribution is -0.118. The number of amides is 1. The Morgan fingerprint density at radius 1 is 1.35 bits per heavy atom. The SMILES string of the molecule is CN(C(=O)C1CCCCS1)c1ccc(O)cc1. The van der Waals surface area contributed by atoms with Gasteiger partial charge >= 0.3 is 0 Å². The minimum Gasteiger partial charge on any atom is -0.508 e. The van der Waals surface area contributed by atoms with Crippen molar-refractivity contribution in [2.24, 2.45) is 0 Å². The molecule has 4 heteroatoms. The van der Waals surface area contributed by atoms with Gasteiger partial charge in [-0.05, 0) is 42.9 Å². The Kier molecular flexibility index (Phi) is 3.94. The summed E-state index contributed by atoms with van der Waals surface area (Å²) in [5.74, 6) is 1.47. The third-order valence-electron chi connectivity index (χ3n) is 3.02. The van der Waals surface area contributed by atoms with Gasteiger partial charge in [0.05, 0.1) is 5.25 Å². The molecule has 0 saturated carbocycles. The predicted octanol–water partition coefficient (Wildman–Crippen LogP) is 2.64. The summed E-state index contributed by atoms with van der Waals surface area (Å²) in [7, 11) is 1.80. The Balaban J connectivity index is 2.05. The molecule has 0 aromatic heterocycles. The van der Waals surface area contributed by atoms with Crippen molar-refractivity contribution in [3.63, 3.8) is 0 Å². The summed E-state index contributed by atoms with van der Waals surface area (Å²) < 4.78 is 0. The number of aromatic hydroxyl groups is 1. The fraction of sp³-hybridized carbons (Fsp3) is 0.462. The molecule has 1 unspecified atom stereocenters. The molecule has 0 aliphatic carbocycles. The number of nitrogens with zero attached hydrogens (tertiary/aromatic N) is 1. The fourth-order valence-corrected chi connectivity index (χ4v) is 3.24. The number of thioether (sulfide) groups is 1. The van der Waals surface area contributed by atoms with Gasteiger partial charge in [-0.1, -0.05) is 6.42 Å². The Morgan fingerprint density at radius 3 is 2.65 bits per heavy atom. The van der Waals surface area contributed by atoms with Crippen molar-refractivity contribution in [3.05, 3.63) is 24.3 Å². The molecule has 1 amide bonds. The van der Waals surface area contributed by atoms with Crippen LogP contribution in [0.2, 0.25) is 0 Å². The number of phenolic OH excluding ortho intramolecular Hbond substituents is 1. The van der Waals surface area contributed by atoms with Crippen LogP contribution in [0.1, 0.15) is 19.3 Å². The highest BCUT2D eigenvalue weighted by Gasteiger charge is 2.25. The number of rotatable bonds is 2. The first-order valence-corrected chi connectivity index (χ1v) is 6.91. The molecule has 0 spiro atoms. The van der Waals surface area contributed by atoms with E-state index in [1.165, 1.54) is 6.42 Å². The lowest BCUT2D eigenvalue weighted by atomic mass is 10.1. The maximum Gasteiger partial charge on any atom is 0.239 e. The second kappa shape index (κ2) is 5.45. The number of hydrogen-bond acceptors (Lipinski definition) is 3. The van der Waals surface area contributed by atoms with Gasteiger partial charge in [-0.25, -0.2) is 0 Å². The first kappa shape index (κ1) is 12.3. The minimum absolute atomic E-state index is 0.0996. The largest absolute Gasteiger partial charge is 0.508 e. The summed E-state index contributed by atoms with van der Waals surface area (Å²) in [6.45, 7) is 0. The fourth-order valence-electron chi connectivity index (χ4n) is 1.95. The van der Waals surface area contributed by atoms with Crippen LogP contribution in [0.25, 0.3) is 0 Å². The van der Waals surface area contributed by atoms with Crippen LogP contribution in [-0.2, 0) is 4.79 Å². The Labute approximate surface area is 106 Å². The topological polar surface area (TPSA) is 40.5 Å². The molecule has 0 radical (unpaired) electrons. The standard InChI is InChI=1S/C13H17NO2S/c1-14(10-5-7-11(15)8-6-10)13(16)12-4-2-3-9-17-12/h5-8,12,15H,2-4,9H2,1H3. The summed E-state index contributed by atoms with van der Waals surface area (Å²) in [6, 6.07) is 6.74. The van der Waals surface area contributed by atoms with Gasteiger partial charge in [-0.3, -0.25) is 4.79 Å². The normalized spacial score (nSPS) is 19.9. The molecule has 1 aliphatic rings. The van der Waals surface area contributed by atoms with Gasteiger partial charge in [0.15, 0.2) is 0 Å². The maximum absolute atomic E-state index is 12.2. The van der Waals surface area contributed by atoms with Crippen LogP contribution in [0.4, 0.5) is 5.69 Å². The van der Waals surface area contributed by atoms with E-state index in [2.05, 4.69) is 0 Å². The Morgan fingerprint density at radius 2 is 2.06 bits per heavy atom. The van der Waals surface area contributed by atoms with Crippen LogP contribution in [0.15, 0.2) is 24.3 Å². The minimum atomic E-state index is 0.0996. The average Bonchev–Trinajstić information content (AvgIpc) is 2.39. The van der Waals surface area contributed by atoms with Gasteiger partial charge in [0.1, 0.15) is 5.75 Å². The van der Waals surface area contributed by atoms with Crippen molar-refractivity contribution >= 4 is 23.4 Å². The average molecular weight is 251 g/mol. The molecule has 1 saturated heterocycles. The number of hydrogen-bond donors (Lipinski definition) is 1. The first-order chi connectivity index (χ1) is 8.18. The molecule has 2 rings (SSSR count). The number of anilines is 1. The zero-order chi connectivity index (χ0) is 12.3. The van der Waals surface area contributed by atoms with Crippen molar-refractivity contribution in [1.82, 2.24) is 0 Å². The highest BCUT2D eigenvalue weighted by Crippen LogP contribution is 2.28. The summed E-state index contributed by atoms with van der Waals surface area (Å²) in [4.78, 5) is 13.9. The van der Waals surface area contributed by atoms with Crippen molar-refractivity contribution < 1.29 is 9.90 Å². The number of carbonyl (C=O) groups excluding carboxylic acids is 1. The molecule has 1 atom stereocenters. The van der Waals surface area contributed by atoms with E-state index in [4.69, 9.17) is 0 Å². The van der Waals surface area contributed by atoms with E-state index in [1.54, 1.807) is 48.0 Å². The molecule has 92 valence electrons. The molecule has 1 aromatic carbocycles. The third-order valence-corrected chi connectivity index (χ3v) is 4.39. The quantitative estimate of drug-likeness (QED) is 0.878. The highest BCUT2D eigenvalue weighted by atomic mass is 32.2. The second-order valence-corrected chi connectivity index (χ2v) is 5.58. The molecule has 1 heterocycles. The summed E-state index contributed by atoms with van der Waals surface area (Å²) >= 11 is 1.76. The summed E-state index contributed by atoms with van der Waals surface area (Å²) in [5.41, 5.74) is 0.832. The third kappa shape index (κ3) is 2.94. The first-order valence-electron chi connectivity index (χ1n) is 5.86. The van der Waals surface area contributed by atoms with E-state index >= 15 is 0 Å². The molecule has 1 aliphatic heterocycles. The zero-order valence-corrected chi connectivity index (χ0v) is 10.7. The lowest BCUT2D eigenvalue weighted by Gasteiger charge is -2.26. The number of benzene rings is 1. The van der Waals surface area contributed by atoms with Crippen molar-refractivity contribution in [2.75, 3.05) is 17.7 Å². The van der Waals surface area contributed by atoms with Gasteiger partial charge in [-0.2, -0.15) is 0 Å². The van der Waals surface area contributed by atoms with Crippen molar-refractivity contribution in [3.8, 4) is 5.75 Å². The van der Waals surface area contributed by atoms with E-state index < -0.39 is 0 Å². The Hall–Kier alpha value is -1.16. The molecule has 0 bridgehead atoms. The molecule has 1 fully saturated rings. The van der Waals surface area contributed by atoms with Gasteiger partial charge in [0.25, 0.3) is 0 Å². The van der Waals surface area contributed by atoms with E-state index in [-0.39, 0.29) is 16.9 Å². The van der Waals surface area contributed by atoms with Crippen LogP contribution < -0.4 is 4.90 Å². The summed E-state index contributed by atoms with van der Waals surface area (Å²) in [5, 5.41) is 9.32. The molecule has 17 heavy (non-hydrogen) atoms. The molecule has 3 nitrogen and oxygen atoms in total. The van der Waals surface area contributed by atoms with E-state index in [0.29, 0.717) is 0 Å². The van der Waals surface area contributed by atoms with Gasteiger partial charge < -0.3 is 10.0 Å². The molecule has 1 aromatic rings. The van der Waals surface area contributed by atoms with E-state index in [9.17, 15) is 9.90 Å². The van der Waals surface area contributed by atoms with Crippen LogP contribution in [0, 0.1) is 0 Å². The van der Waals surface area contributed by atoms with Crippen molar-refractivity contribution in [1.29, 1.82) is 0 Å².